The maximum absolute atomic E-state index is 12.5. The van der Waals surface area contributed by atoms with Crippen molar-refractivity contribution in [1.82, 2.24) is 24.8 Å². The number of fused-ring (bicyclic) bond motifs is 2. The lowest BCUT2D eigenvalue weighted by molar-refractivity contribution is -0.132. The van der Waals surface area contributed by atoms with Crippen LogP contribution in [0.15, 0.2) is 29.5 Å². The highest BCUT2D eigenvalue weighted by molar-refractivity contribution is 6.06. The van der Waals surface area contributed by atoms with Crippen molar-refractivity contribution in [3.05, 3.63) is 35.7 Å². The lowest BCUT2D eigenvalue weighted by Gasteiger charge is -2.22. The van der Waals surface area contributed by atoms with Crippen LogP contribution in [0.5, 0.6) is 11.6 Å². The number of aromatic hydroxyl groups is 1. The molecule has 1 amide bonds. The minimum Gasteiger partial charge on any atom is -0.494 e. The Labute approximate surface area is 199 Å². The van der Waals surface area contributed by atoms with E-state index in [9.17, 15) is 9.90 Å². The molecule has 10 heteroatoms. The lowest BCUT2D eigenvalue weighted by Crippen LogP contribution is -2.38. The number of benzene rings is 1. The second kappa shape index (κ2) is 11.5. The predicted molar refractivity (Wildman–Crippen MR) is 134 cm³/mol. The van der Waals surface area contributed by atoms with Gasteiger partial charge in [-0.3, -0.25) is 9.79 Å². The number of carbonyl (C=O) groups excluding carboxylic acids is 1. The van der Waals surface area contributed by atoms with E-state index < -0.39 is 0 Å². The molecule has 3 aromatic rings. The standard InChI is InChI=1S/C22H27N7O3.C2H6/c1-14-4-5-15-10-17(14)32-12-18(30)29(3)9-8-28(2)7-6-23-20-19-16(11-24-15)22(31)27-21(19)26-13-25-20;1-2/h4-5,10-11,13,31H,6-9,12H2,1-3H3,(H2,23,25,26,27);1-2H3. The number of aromatic nitrogens is 3. The first-order valence-electron chi connectivity index (χ1n) is 11.4. The summed E-state index contributed by atoms with van der Waals surface area (Å²) in [5, 5.41) is 14.4. The number of rotatable bonds is 0. The highest BCUT2D eigenvalue weighted by Gasteiger charge is 2.16. The zero-order chi connectivity index (χ0) is 24.7. The van der Waals surface area contributed by atoms with Gasteiger partial charge >= 0.3 is 0 Å². The van der Waals surface area contributed by atoms with Crippen LogP contribution in [0.3, 0.4) is 0 Å². The molecule has 0 atom stereocenters. The molecular weight excluding hydrogens is 434 g/mol. The van der Waals surface area contributed by atoms with Crippen molar-refractivity contribution in [2.75, 3.05) is 52.2 Å². The summed E-state index contributed by atoms with van der Waals surface area (Å²) in [5.74, 6) is 1.09. The number of nitrogens with one attached hydrogen (secondary N) is 2. The van der Waals surface area contributed by atoms with Crippen molar-refractivity contribution >= 4 is 34.7 Å². The Bertz CT molecular complexity index is 1160. The van der Waals surface area contributed by atoms with Crippen molar-refractivity contribution in [3.63, 3.8) is 0 Å². The summed E-state index contributed by atoms with van der Waals surface area (Å²) in [6, 6.07) is 5.51. The SMILES string of the molecule is CC.Cc1ccc2cc1OCC(=O)N(C)CCN(C)CCNc1ncnc3[nH]c(O)c(c13)C=N2. The summed E-state index contributed by atoms with van der Waals surface area (Å²) in [6.45, 7) is 8.56. The third-order valence-corrected chi connectivity index (χ3v) is 5.50. The van der Waals surface area contributed by atoms with E-state index in [1.807, 2.05) is 40.0 Å². The summed E-state index contributed by atoms with van der Waals surface area (Å²) < 4.78 is 5.79. The number of carbonyl (C=O) groups is 1. The molecule has 10 nitrogen and oxygen atoms in total. The molecule has 0 fully saturated rings. The fraction of sp³-hybridized carbons (Fsp3) is 0.417. The van der Waals surface area contributed by atoms with Crippen LogP contribution in [0.2, 0.25) is 0 Å². The normalized spacial score (nSPS) is 15.6. The van der Waals surface area contributed by atoms with E-state index in [1.165, 1.54) is 6.33 Å². The average Bonchev–Trinajstić information content (AvgIpc) is 3.17. The summed E-state index contributed by atoms with van der Waals surface area (Å²) in [4.78, 5) is 32.2. The number of hydrogen-bond donors (Lipinski definition) is 3. The Morgan fingerprint density at radius 1 is 1.12 bits per heavy atom. The minimum atomic E-state index is -0.0868. The topological polar surface area (TPSA) is 119 Å². The number of likely N-dealkylation sites (N-methyl/N-ethyl adjacent to an activating group) is 2. The highest BCUT2D eigenvalue weighted by atomic mass is 16.5. The fourth-order valence-corrected chi connectivity index (χ4v) is 3.43. The Morgan fingerprint density at radius 3 is 2.71 bits per heavy atom. The van der Waals surface area contributed by atoms with Gasteiger partial charge < -0.3 is 29.9 Å². The minimum absolute atomic E-state index is 0.0314. The van der Waals surface area contributed by atoms with E-state index >= 15 is 0 Å². The van der Waals surface area contributed by atoms with Crippen molar-refractivity contribution in [3.8, 4) is 11.6 Å². The van der Waals surface area contributed by atoms with Crippen LogP contribution in [0.4, 0.5) is 11.5 Å². The zero-order valence-corrected chi connectivity index (χ0v) is 20.4. The van der Waals surface area contributed by atoms with Crippen LogP contribution >= 0.6 is 0 Å². The highest BCUT2D eigenvalue weighted by Crippen LogP contribution is 2.30. The first-order valence-corrected chi connectivity index (χ1v) is 11.4. The lowest BCUT2D eigenvalue weighted by atomic mass is 10.2. The number of anilines is 1. The van der Waals surface area contributed by atoms with Crippen molar-refractivity contribution in [1.29, 1.82) is 0 Å². The van der Waals surface area contributed by atoms with Gasteiger partial charge in [-0.2, -0.15) is 0 Å². The van der Waals surface area contributed by atoms with E-state index in [0.29, 0.717) is 46.9 Å². The molecule has 3 N–H and O–H groups in total. The Morgan fingerprint density at radius 2 is 1.91 bits per heavy atom. The van der Waals surface area contributed by atoms with E-state index in [4.69, 9.17) is 4.74 Å². The molecule has 0 spiro atoms. The number of H-pyrrole nitrogens is 1. The summed E-state index contributed by atoms with van der Waals surface area (Å²) in [5.41, 5.74) is 2.56. The van der Waals surface area contributed by atoms with Gasteiger partial charge in [-0.15, -0.1) is 0 Å². The zero-order valence-electron chi connectivity index (χ0n) is 20.4. The fourth-order valence-electron chi connectivity index (χ4n) is 3.43. The van der Waals surface area contributed by atoms with Gasteiger partial charge in [0.05, 0.1) is 16.6 Å². The molecule has 0 radical (unpaired) electrons. The Balaban J connectivity index is 0.00000158. The number of aromatic amines is 1. The molecule has 1 aliphatic heterocycles. The van der Waals surface area contributed by atoms with Crippen LogP contribution in [0.1, 0.15) is 25.0 Å². The van der Waals surface area contributed by atoms with E-state index in [2.05, 4.69) is 30.2 Å². The summed E-state index contributed by atoms with van der Waals surface area (Å²) in [7, 11) is 3.78. The van der Waals surface area contributed by atoms with Crippen LogP contribution in [-0.4, -0.2) is 88.9 Å². The number of aliphatic imine (C=N–C) groups is 1. The second-order valence-corrected chi connectivity index (χ2v) is 7.88. The van der Waals surface area contributed by atoms with E-state index in [1.54, 1.807) is 24.2 Å². The molecule has 182 valence electrons. The van der Waals surface area contributed by atoms with Gasteiger partial charge in [-0.25, -0.2) is 9.97 Å². The van der Waals surface area contributed by atoms with E-state index in [-0.39, 0.29) is 18.4 Å². The molecule has 0 saturated heterocycles. The maximum atomic E-state index is 12.5. The first-order chi connectivity index (χ1) is 16.4. The molecular formula is C24H33N7O3. The molecule has 0 unspecified atom stereocenters. The molecule has 1 aromatic carbocycles. The van der Waals surface area contributed by atoms with Crippen LogP contribution in [-0.2, 0) is 4.79 Å². The third kappa shape index (κ3) is 5.82. The monoisotopic (exact) mass is 467 g/mol. The molecule has 3 heterocycles. The molecule has 1 aliphatic rings. The Kier molecular flexibility index (Phi) is 8.42. The van der Waals surface area contributed by atoms with Gasteiger partial charge in [0.15, 0.2) is 12.5 Å². The van der Waals surface area contributed by atoms with Gasteiger partial charge in [0.1, 0.15) is 23.5 Å². The van der Waals surface area contributed by atoms with Gasteiger partial charge in [-0.05, 0) is 25.6 Å². The van der Waals surface area contributed by atoms with Gasteiger partial charge in [0.25, 0.3) is 5.91 Å². The number of nitrogens with zero attached hydrogens (tertiary/aromatic N) is 5. The molecule has 0 aliphatic carbocycles. The smallest absolute Gasteiger partial charge is 0.260 e. The summed E-state index contributed by atoms with van der Waals surface area (Å²) >= 11 is 0. The number of amides is 1. The Hall–Kier alpha value is -3.66. The average molecular weight is 468 g/mol. The second-order valence-electron chi connectivity index (χ2n) is 7.88. The third-order valence-electron chi connectivity index (χ3n) is 5.50. The number of ether oxygens (including phenoxy) is 1. The number of hydrogen-bond acceptors (Lipinski definition) is 8. The molecule has 34 heavy (non-hydrogen) atoms. The van der Waals surface area contributed by atoms with Gasteiger partial charge in [0.2, 0.25) is 0 Å². The molecule has 4 rings (SSSR count). The van der Waals surface area contributed by atoms with Crippen molar-refractivity contribution in [2.24, 2.45) is 4.99 Å². The van der Waals surface area contributed by atoms with Crippen LogP contribution in [0.25, 0.3) is 11.0 Å². The molecule has 2 bridgehead atoms. The van der Waals surface area contributed by atoms with E-state index in [0.717, 1.165) is 18.7 Å². The van der Waals surface area contributed by atoms with Crippen molar-refractivity contribution in [2.45, 2.75) is 20.8 Å². The maximum Gasteiger partial charge on any atom is 0.260 e. The van der Waals surface area contributed by atoms with Gasteiger partial charge in [0, 0.05) is 45.5 Å². The molecule has 0 saturated carbocycles. The first kappa shape index (κ1) is 25.0. The molecule has 2 aromatic heterocycles. The van der Waals surface area contributed by atoms with Crippen LogP contribution < -0.4 is 10.1 Å². The van der Waals surface area contributed by atoms with Crippen molar-refractivity contribution < 1.29 is 14.6 Å². The largest absolute Gasteiger partial charge is 0.494 e. The predicted octanol–water partition coefficient (Wildman–Crippen LogP) is 2.94. The quantitative estimate of drug-likeness (QED) is 0.465. The van der Waals surface area contributed by atoms with Crippen LogP contribution in [0, 0.1) is 6.92 Å². The van der Waals surface area contributed by atoms with Gasteiger partial charge in [-0.1, -0.05) is 19.9 Å². The number of aryl methyl sites for hydroxylation is 1. The summed E-state index contributed by atoms with van der Waals surface area (Å²) in [6.07, 6.45) is 3.02.